The third kappa shape index (κ3) is 3.53. The van der Waals surface area contributed by atoms with E-state index in [4.69, 9.17) is 5.73 Å². The van der Waals surface area contributed by atoms with Crippen LogP contribution in [0.2, 0.25) is 0 Å². The van der Waals surface area contributed by atoms with E-state index in [2.05, 4.69) is 0 Å². The first-order chi connectivity index (χ1) is 18.8. The van der Waals surface area contributed by atoms with Crippen LogP contribution in [0, 0.1) is 17.7 Å². The van der Waals surface area contributed by atoms with E-state index in [1.165, 1.54) is 4.90 Å². The van der Waals surface area contributed by atoms with Crippen LogP contribution in [-0.2, 0) is 33.9 Å². The van der Waals surface area contributed by atoms with Crippen molar-refractivity contribution in [3.05, 3.63) is 50.7 Å². The fourth-order valence-electron chi connectivity index (χ4n) is 6.99. The van der Waals surface area contributed by atoms with Crippen LogP contribution in [0.4, 0.5) is 8.78 Å². The summed E-state index contributed by atoms with van der Waals surface area (Å²) in [6.07, 6.45) is -1.36. The Morgan fingerprint density at radius 3 is 2.42 bits per heavy atom. The molecule has 5 aliphatic rings. The van der Waals surface area contributed by atoms with Crippen molar-refractivity contribution < 1.29 is 48.4 Å². The Balaban J connectivity index is 1.36. The zero-order valence-corrected chi connectivity index (χ0v) is 21.2. The molecule has 0 spiro atoms. The zero-order valence-electron chi connectivity index (χ0n) is 21.2. The van der Waals surface area contributed by atoms with Crippen molar-refractivity contribution in [2.24, 2.45) is 17.6 Å². The van der Waals surface area contributed by atoms with E-state index in [0.717, 1.165) is 0 Å². The molecule has 1 fully saturated rings. The van der Waals surface area contributed by atoms with Crippen LogP contribution in [0.3, 0.4) is 0 Å². The summed E-state index contributed by atoms with van der Waals surface area (Å²) in [6.45, 7) is 0.140. The van der Waals surface area contributed by atoms with Gasteiger partial charge in [0.15, 0.2) is 11.4 Å². The average molecular weight is 560 g/mol. The molecule has 0 bridgehead atoms. The summed E-state index contributed by atoms with van der Waals surface area (Å²) in [7, 11) is 0. The van der Waals surface area contributed by atoms with Gasteiger partial charge >= 0.3 is 0 Å². The Kier molecular flexibility index (Phi) is 5.83. The van der Waals surface area contributed by atoms with Gasteiger partial charge in [-0.2, -0.15) is 0 Å². The second-order valence-electron chi connectivity index (χ2n) is 11.3. The monoisotopic (exact) mass is 559 g/mol. The van der Waals surface area contributed by atoms with Gasteiger partial charge in [0.05, 0.1) is 18.7 Å². The molecule has 0 aromatic heterocycles. The van der Waals surface area contributed by atoms with Gasteiger partial charge in [0.2, 0.25) is 11.7 Å². The number of nitrogens with zero attached hydrogens (tertiary/aromatic N) is 2. The largest absolute Gasteiger partial charge is 0.511 e. The molecule has 212 valence electrons. The van der Waals surface area contributed by atoms with E-state index < -0.39 is 75.3 Å². The van der Waals surface area contributed by atoms with Crippen LogP contribution in [0.5, 0.6) is 5.75 Å². The van der Waals surface area contributed by atoms with Crippen LogP contribution < -0.4 is 5.73 Å². The molecule has 1 saturated heterocycles. The lowest BCUT2D eigenvalue weighted by Crippen LogP contribution is -2.57. The number of rotatable bonds is 3. The van der Waals surface area contributed by atoms with E-state index in [-0.39, 0.29) is 73.6 Å². The second kappa shape index (κ2) is 8.83. The topological polar surface area (TPSA) is 182 Å². The molecule has 2 amide bonds. The maximum absolute atomic E-state index is 15.9. The number of benzene rings is 1. The molecule has 6 N–H and O–H groups in total. The number of primary amides is 1. The predicted molar refractivity (Wildman–Crippen MR) is 131 cm³/mol. The lowest BCUT2D eigenvalue weighted by molar-refractivity contribution is -0.144. The molecule has 4 atom stereocenters. The number of Topliss-reactive ketones (excluding diaryl/α,β-unsaturated/α-hetero) is 2. The lowest BCUT2D eigenvalue weighted by atomic mass is 9.60. The molecular weight excluding hydrogens is 532 g/mol. The summed E-state index contributed by atoms with van der Waals surface area (Å²) in [6, 6.07) is 0. The first-order valence-corrected chi connectivity index (χ1v) is 13.0. The Hall–Kier alpha value is -3.84. The van der Waals surface area contributed by atoms with Crippen molar-refractivity contribution in [3.8, 4) is 5.75 Å². The minimum Gasteiger partial charge on any atom is -0.511 e. The maximum Gasteiger partial charge on any atom is 0.255 e. The van der Waals surface area contributed by atoms with Gasteiger partial charge in [-0.25, -0.2) is 8.78 Å². The van der Waals surface area contributed by atoms with Gasteiger partial charge in [-0.15, -0.1) is 0 Å². The number of phenolic OH excluding ortho intramolecular Hbond substituents is 1. The van der Waals surface area contributed by atoms with Crippen molar-refractivity contribution in [1.82, 2.24) is 9.80 Å². The number of likely N-dealkylation sites (tertiary alicyclic amines) is 1. The predicted octanol–water partition coefficient (Wildman–Crippen LogP) is 0.606. The number of hydrogen-bond acceptors (Lipinski definition) is 9. The average Bonchev–Trinajstić information content (AvgIpc) is 3.51. The number of ketones is 2. The highest BCUT2D eigenvalue weighted by atomic mass is 19.1. The van der Waals surface area contributed by atoms with Crippen molar-refractivity contribution in [1.29, 1.82) is 0 Å². The van der Waals surface area contributed by atoms with Crippen LogP contribution in [-0.4, -0.2) is 85.0 Å². The first-order valence-electron chi connectivity index (χ1n) is 13.0. The SMILES string of the molecule is NC(=O)C1=C(O)C[C@@H]2CC3Cc4c(F)c5c(c(O)c4C(=O)C3=C(O)[C@]2(O)C1=O)CN(C(=O)CN1CC[C@H](F)C1)C5. The number of carbonyl (C=O) groups is 4. The van der Waals surface area contributed by atoms with E-state index in [9.17, 15) is 44.0 Å². The van der Waals surface area contributed by atoms with Crippen LogP contribution in [0.15, 0.2) is 22.7 Å². The summed E-state index contributed by atoms with van der Waals surface area (Å²) in [5, 5.41) is 43.8. The molecule has 1 aromatic carbocycles. The number of amides is 2. The molecule has 1 aromatic rings. The number of aliphatic hydroxyl groups excluding tert-OH is 2. The number of allylic oxidation sites excluding steroid dienone is 2. The minimum atomic E-state index is -2.71. The number of aliphatic hydroxyl groups is 3. The summed E-state index contributed by atoms with van der Waals surface area (Å²) in [4.78, 5) is 54.3. The van der Waals surface area contributed by atoms with Gasteiger partial charge in [0.25, 0.3) is 5.91 Å². The lowest BCUT2D eigenvalue weighted by Gasteiger charge is -2.45. The second-order valence-corrected chi connectivity index (χ2v) is 11.3. The zero-order chi connectivity index (χ0) is 28.8. The number of fused-ring (bicyclic) bond motifs is 4. The van der Waals surface area contributed by atoms with Gasteiger partial charge in [0.1, 0.15) is 34.8 Å². The number of phenols is 1. The standard InChI is InChI=1S/C27H27F2N3O8/c28-12-1-2-31(6-12)9-17(34)32-7-14-15(8-32)22(35)19-13(21(14)29)4-10-3-11-5-16(33)20(26(30)39)25(38)27(11,40)24(37)18(10)23(19)36/h10-12,33,35,37,40H,1-9H2,(H2,30,39)/t10?,11-,12-,27-/m0/s1. The van der Waals surface area contributed by atoms with Gasteiger partial charge in [-0.05, 0) is 25.2 Å². The highest BCUT2D eigenvalue weighted by molar-refractivity contribution is 6.24. The quantitative estimate of drug-likeness (QED) is 0.331. The van der Waals surface area contributed by atoms with Crippen LogP contribution >= 0.6 is 0 Å². The van der Waals surface area contributed by atoms with E-state index in [0.29, 0.717) is 13.0 Å². The smallest absolute Gasteiger partial charge is 0.255 e. The number of alkyl halides is 1. The van der Waals surface area contributed by atoms with Crippen molar-refractivity contribution in [2.45, 2.75) is 50.5 Å². The Morgan fingerprint density at radius 1 is 1.07 bits per heavy atom. The third-order valence-corrected chi connectivity index (χ3v) is 9.00. The Morgan fingerprint density at radius 2 is 1.77 bits per heavy atom. The minimum absolute atomic E-state index is 0.0336. The number of nitrogens with two attached hydrogens (primary N) is 1. The summed E-state index contributed by atoms with van der Waals surface area (Å²) >= 11 is 0. The number of aromatic hydroxyl groups is 1. The van der Waals surface area contributed by atoms with Gasteiger partial charge < -0.3 is 31.1 Å². The molecule has 0 saturated carbocycles. The molecule has 11 nitrogen and oxygen atoms in total. The Bertz CT molecular complexity index is 1490. The molecule has 0 radical (unpaired) electrons. The van der Waals surface area contributed by atoms with Crippen LogP contribution in [0.25, 0.3) is 0 Å². The third-order valence-electron chi connectivity index (χ3n) is 9.00. The van der Waals surface area contributed by atoms with Gasteiger partial charge in [-0.3, -0.25) is 24.1 Å². The molecular formula is C27H27F2N3O8. The van der Waals surface area contributed by atoms with E-state index in [1.807, 2.05) is 0 Å². The summed E-state index contributed by atoms with van der Waals surface area (Å²) < 4.78 is 29.4. The number of hydrogen-bond donors (Lipinski definition) is 5. The first kappa shape index (κ1) is 26.4. The fourth-order valence-corrected chi connectivity index (χ4v) is 6.99. The molecule has 2 heterocycles. The molecule has 40 heavy (non-hydrogen) atoms. The summed E-state index contributed by atoms with van der Waals surface area (Å²) in [5.41, 5.74) is 0.776. The highest BCUT2D eigenvalue weighted by Crippen LogP contribution is 2.52. The molecule has 2 aliphatic heterocycles. The van der Waals surface area contributed by atoms with Crippen molar-refractivity contribution in [2.75, 3.05) is 19.6 Å². The molecule has 3 aliphatic carbocycles. The normalized spacial score (nSPS) is 29.9. The van der Waals surface area contributed by atoms with Gasteiger partial charge in [-0.1, -0.05) is 0 Å². The molecule has 1 unspecified atom stereocenters. The van der Waals surface area contributed by atoms with Gasteiger partial charge in [0, 0.05) is 54.2 Å². The van der Waals surface area contributed by atoms with E-state index in [1.54, 1.807) is 4.90 Å². The van der Waals surface area contributed by atoms with E-state index >= 15 is 4.39 Å². The number of carbonyl (C=O) groups excluding carboxylic acids is 4. The van der Waals surface area contributed by atoms with Crippen molar-refractivity contribution >= 4 is 23.4 Å². The summed E-state index contributed by atoms with van der Waals surface area (Å²) in [5.74, 6) is -9.00. The van der Waals surface area contributed by atoms with Crippen LogP contribution in [0.1, 0.15) is 46.3 Å². The number of halogens is 2. The fraction of sp³-hybridized carbons (Fsp3) is 0.481. The Labute approximate surface area is 226 Å². The van der Waals surface area contributed by atoms with Crippen molar-refractivity contribution in [3.63, 3.8) is 0 Å². The molecule has 13 heteroatoms. The maximum atomic E-state index is 15.9. The molecule has 6 rings (SSSR count). The highest BCUT2D eigenvalue weighted by Gasteiger charge is 2.60.